The molecule has 1 fully saturated rings. The molecule has 0 spiro atoms. The highest BCUT2D eigenvalue weighted by molar-refractivity contribution is 7.80. The molecule has 0 aromatic rings. The van der Waals surface area contributed by atoms with Crippen molar-refractivity contribution in [3.63, 3.8) is 0 Å². The lowest BCUT2D eigenvalue weighted by Crippen LogP contribution is -2.51. The third-order valence-corrected chi connectivity index (χ3v) is 3.35. The van der Waals surface area contributed by atoms with Gasteiger partial charge in [-0.05, 0) is 45.8 Å². The Morgan fingerprint density at radius 3 is 2.28 bits per heavy atom. The molecule has 18 heavy (non-hydrogen) atoms. The molecule has 3 N–H and O–H groups in total. The first-order valence-electron chi connectivity index (χ1n) is 6.86. The van der Waals surface area contributed by atoms with Crippen molar-refractivity contribution in [3.8, 4) is 0 Å². The minimum atomic E-state index is -0.295. The summed E-state index contributed by atoms with van der Waals surface area (Å²) in [5, 5.41) is 9.79. The maximum atomic E-state index is 11.7. The molecule has 1 rings (SSSR count). The maximum absolute atomic E-state index is 11.7. The lowest BCUT2D eigenvalue weighted by Gasteiger charge is -2.25. The monoisotopic (exact) mass is 271 g/mol. The van der Waals surface area contributed by atoms with Crippen molar-refractivity contribution >= 4 is 23.2 Å². The van der Waals surface area contributed by atoms with Gasteiger partial charge < -0.3 is 16.0 Å². The van der Waals surface area contributed by atoms with Crippen molar-refractivity contribution in [1.82, 2.24) is 16.0 Å². The van der Waals surface area contributed by atoms with E-state index < -0.39 is 0 Å². The highest BCUT2D eigenvalue weighted by atomic mass is 32.1. The van der Waals surface area contributed by atoms with Crippen LogP contribution in [0.4, 0.5) is 0 Å². The van der Waals surface area contributed by atoms with Gasteiger partial charge in [0.2, 0.25) is 5.91 Å². The molecule has 0 aliphatic heterocycles. The van der Waals surface area contributed by atoms with E-state index in [1.165, 1.54) is 32.1 Å². The van der Waals surface area contributed by atoms with Crippen LogP contribution in [-0.2, 0) is 4.79 Å². The zero-order chi connectivity index (χ0) is 13.5. The number of carbonyl (C=O) groups is 1. The van der Waals surface area contributed by atoms with Crippen LogP contribution >= 0.6 is 12.2 Å². The minimum Gasteiger partial charge on any atom is -0.360 e. The SMILES string of the molecule is CC(C)NC(=O)C(C)NC(=S)NC1CCCCC1. The molecule has 1 atom stereocenters. The molecule has 0 bridgehead atoms. The van der Waals surface area contributed by atoms with Crippen molar-refractivity contribution in [2.45, 2.75) is 71.0 Å². The Morgan fingerprint density at radius 2 is 1.72 bits per heavy atom. The van der Waals surface area contributed by atoms with E-state index in [4.69, 9.17) is 12.2 Å². The first-order valence-corrected chi connectivity index (χ1v) is 7.27. The number of rotatable bonds is 4. The lowest BCUT2D eigenvalue weighted by atomic mass is 9.96. The summed E-state index contributed by atoms with van der Waals surface area (Å²) in [4.78, 5) is 11.7. The van der Waals surface area contributed by atoms with Crippen LogP contribution in [0, 0.1) is 0 Å². The van der Waals surface area contributed by atoms with Crippen LogP contribution in [0.1, 0.15) is 52.9 Å². The topological polar surface area (TPSA) is 53.2 Å². The Morgan fingerprint density at radius 1 is 1.11 bits per heavy atom. The summed E-state index contributed by atoms with van der Waals surface area (Å²) < 4.78 is 0. The van der Waals surface area contributed by atoms with Gasteiger partial charge in [-0.25, -0.2) is 0 Å². The van der Waals surface area contributed by atoms with E-state index in [-0.39, 0.29) is 18.0 Å². The number of hydrogen-bond donors (Lipinski definition) is 3. The predicted molar refractivity (Wildman–Crippen MR) is 78.5 cm³/mol. The van der Waals surface area contributed by atoms with Crippen LogP contribution < -0.4 is 16.0 Å². The van der Waals surface area contributed by atoms with Crippen LogP contribution in [-0.4, -0.2) is 29.1 Å². The fourth-order valence-electron chi connectivity index (χ4n) is 2.15. The summed E-state index contributed by atoms with van der Waals surface area (Å²) in [5.41, 5.74) is 0. The summed E-state index contributed by atoms with van der Waals surface area (Å²) >= 11 is 5.24. The zero-order valence-electron chi connectivity index (χ0n) is 11.6. The molecule has 104 valence electrons. The van der Waals surface area contributed by atoms with Crippen LogP contribution in [0.3, 0.4) is 0 Å². The third-order valence-electron chi connectivity index (χ3n) is 3.11. The highest BCUT2D eigenvalue weighted by Crippen LogP contribution is 2.17. The Labute approximate surface area is 115 Å². The quantitative estimate of drug-likeness (QED) is 0.681. The van der Waals surface area contributed by atoms with E-state index >= 15 is 0 Å². The second-order valence-electron chi connectivity index (χ2n) is 5.34. The number of amides is 1. The molecule has 0 saturated heterocycles. The normalized spacial score (nSPS) is 18.2. The van der Waals surface area contributed by atoms with E-state index in [0.717, 1.165) is 0 Å². The molecule has 1 unspecified atom stereocenters. The molecule has 4 nitrogen and oxygen atoms in total. The van der Waals surface area contributed by atoms with Gasteiger partial charge in [-0.2, -0.15) is 0 Å². The minimum absolute atomic E-state index is 0.0159. The van der Waals surface area contributed by atoms with Crippen molar-refractivity contribution in [3.05, 3.63) is 0 Å². The molecule has 0 heterocycles. The molecule has 5 heteroatoms. The van der Waals surface area contributed by atoms with Crippen LogP contribution in [0.15, 0.2) is 0 Å². The zero-order valence-corrected chi connectivity index (χ0v) is 12.4. The van der Waals surface area contributed by atoms with Gasteiger partial charge in [-0.15, -0.1) is 0 Å². The average molecular weight is 271 g/mol. The van der Waals surface area contributed by atoms with Crippen LogP contribution in [0.2, 0.25) is 0 Å². The fraction of sp³-hybridized carbons (Fsp3) is 0.846. The average Bonchev–Trinajstić information content (AvgIpc) is 2.29. The van der Waals surface area contributed by atoms with E-state index in [1.54, 1.807) is 0 Å². The lowest BCUT2D eigenvalue weighted by molar-refractivity contribution is -0.122. The smallest absolute Gasteiger partial charge is 0.242 e. The van der Waals surface area contributed by atoms with Crippen molar-refractivity contribution in [2.24, 2.45) is 0 Å². The molecule has 0 radical (unpaired) electrons. The van der Waals surface area contributed by atoms with Gasteiger partial charge in [0.1, 0.15) is 6.04 Å². The summed E-state index contributed by atoms with van der Waals surface area (Å²) in [6.07, 6.45) is 6.21. The molecular formula is C13H25N3OS. The van der Waals surface area contributed by atoms with Gasteiger partial charge in [-0.1, -0.05) is 19.3 Å². The van der Waals surface area contributed by atoms with E-state index in [1.807, 2.05) is 20.8 Å². The molecule has 1 aliphatic carbocycles. The standard InChI is InChI=1S/C13H25N3OS/c1-9(2)14-12(17)10(3)15-13(18)16-11-7-5-4-6-8-11/h9-11H,4-8H2,1-3H3,(H,14,17)(H2,15,16,18). The first-order chi connectivity index (χ1) is 8.49. The second kappa shape index (κ2) is 7.56. The maximum Gasteiger partial charge on any atom is 0.242 e. The summed E-state index contributed by atoms with van der Waals surface area (Å²) in [7, 11) is 0. The van der Waals surface area contributed by atoms with Crippen molar-refractivity contribution in [2.75, 3.05) is 0 Å². The third kappa shape index (κ3) is 5.67. The summed E-state index contributed by atoms with van der Waals surface area (Å²) in [6, 6.07) is 0.330. The molecule has 1 saturated carbocycles. The Balaban J connectivity index is 2.27. The Bertz CT molecular complexity index is 288. The number of nitrogens with one attached hydrogen (secondary N) is 3. The first kappa shape index (κ1) is 15.2. The van der Waals surface area contributed by atoms with Crippen LogP contribution in [0.25, 0.3) is 0 Å². The van der Waals surface area contributed by atoms with Gasteiger partial charge in [-0.3, -0.25) is 4.79 Å². The fourth-order valence-corrected chi connectivity index (χ4v) is 2.49. The Kier molecular flexibility index (Phi) is 6.39. The second-order valence-corrected chi connectivity index (χ2v) is 5.75. The molecule has 1 aliphatic rings. The van der Waals surface area contributed by atoms with Crippen molar-refractivity contribution < 1.29 is 4.79 Å². The highest BCUT2D eigenvalue weighted by Gasteiger charge is 2.17. The molecule has 0 aromatic carbocycles. The summed E-state index contributed by atoms with van der Waals surface area (Å²) in [6.45, 7) is 5.72. The largest absolute Gasteiger partial charge is 0.360 e. The van der Waals surface area contributed by atoms with Crippen LogP contribution in [0.5, 0.6) is 0 Å². The number of thiocarbonyl (C=S) groups is 1. The van der Waals surface area contributed by atoms with Crippen molar-refractivity contribution in [1.29, 1.82) is 0 Å². The molecule has 1 amide bonds. The molecular weight excluding hydrogens is 246 g/mol. The Hall–Kier alpha value is -0.840. The van der Waals surface area contributed by atoms with Gasteiger partial charge in [0, 0.05) is 12.1 Å². The predicted octanol–water partition coefficient (Wildman–Crippen LogP) is 1.70. The van der Waals surface area contributed by atoms with E-state index in [0.29, 0.717) is 11.2 Å². The van der Waals surface area contributed by atoms with Gasteiger partial charge in [0.05, 0.1) is 0 Å². The number of carbonyl (C=O) groups excluding carboxylic acids is 1. The van der Waals surface area contributed by atoms with E-state index in [2.05, 4.69) is 16.0 Å². The molecule has 0 aromatic heterocycles. The number of hydrogen-bond acceptors (Lipinski definition) is 2. The van der Waals surface area contributed by atoms with Gasteiger partial charge in [0.15, 0.2) is 5.11 Å². The van der Waals surface area contributed by atoms with Gasteiger partial charge in [0.25, 0.3) is 0 Å². The van der Waals surface area contributed by atoms with Gasteiger partial charge >= 0.3 is 0 Å². The summed E-state index contributed by atoms with van der Waals surface area (Å²) in [5.74, 6) is -0.0159. The van der Waals surface area contributed by atoms with E-state index in [9.17, 15) is 4.79 Å².